The summed E-state index contributed by atoms with van der Waals surface area (Å²) >= 11 is 0. The summed E-state index contributed by atoms with van der Waals surface area (Å²) in [6.07, 6.45) is -2.39. The van der Waals surface area contributed by atoms with Crippen LogP contribution >= 0.6 is 7.60 Å². The van der Waals surface area contributed by atoms with Crippen molar-refractivity contribution in [1.82, 2.24) is 14.8 Å². The summed E-state index contributed by atoms with van der Waals surface area (Å²) in [4.78, 5) is 14.9. The highest BCUT2D eigenvalue weighted by atomic mass is 31.2. The van der Waals surface area contributed by atoms with Gasteiger partial charge in [0, 0.05) is 11.4 Å². The van der Waals surface area contributed by atoms with Gasteiger partial charge in [-0.2, -0.15) is 0 Å². The maximum atomic E-state index is 13.0. The lowest BCUT2D eigenvalue weighted by molar-refractivity contribution is -0.0346. The second-order valence-electron chi connectivity index (χ2n) is 7.20. The molecule has 1 aromatic heterocycles. The lowest BCUT2D eigenvalue weighted by Crippen LogP contribution is -2.31. The fraction of sp³-hybridized carbons (Fsp3) is 0.389. The van der Waals surface area contributed by atoms with Gasteiger partial charge in [0.25, 0.3) is 5.91 Å². The number of hydrogen-bond donors (Lipinski definition) is 3. The van der Waals surface area contributed by atoms with Crippen molar-refractivity contribution < 1.29 is 33.4 Å². The average Bonchev–Trinajstić information content (AvgIpc) is 3.28. The van der Waals surface area contributed by atoms with E-state index in [9.17, 15) is 19.6 Å². The molecule has 0 aliphatic carbocycles. The second kappa shape index (κ2) is 7.60. The Balaban J connectivity index is 1.51. The highest BCUT2D eigenvalue weighted by Crippen LogP contribution is 2.56. The van der Waals surface area contributed by atoms with E-state index in [2.05, 4.69) is 10.1 Å². The van der Waals surface area contributed by atoms with E-state index >= 15 is 0 Å². The Morgan fingerprint density at radius 1 is 1.33 bits per heavy atom. The number of rotatable bonds is 4. The van der Waals surface area contributed by atoms with E-state index in [1.807, 2.05) is 26.0 Å². The van der Waals surface area contributed by atoms with Crippen molar-refractivity contribution in [2.45, 2.75) is 45.0 Å². The SMILES string of the molecule is Cc1cc(C)c2c(c1)COP(=O)(/C=C/[C@H]1OC(n3cnc(C(N)=O)n3)[C@H](O)[C@@H]1O)O2. The Morgan fingerprint density at radius 2 is 2.10 bits per heavy atom. The van der Waals surface area contributed by atoms with E-state index in [0.29, 0.717) is 5.75 Å². The Hall–Kier alpha value is -2.56. The molecule has 1 fully saturated rings. The number of carbonyl (C=O) groups excluding carboxylic acids is 1. The number of fused-ring (bicyclic) bond motifs is 1. The molecule has 30 heavy (non-hydrogen) atoms. The molecule has 3 heterocycles. The third kappa shape index (κ3) is 3.78. The Morgan fingerprint density at radius 3 is 2.80 bits per heavy atom. The first-order chi connectivity index (χ1) is 14.2. The Labute approximate surface area is 171 Å². The zero-order valence-electron chi connectivity index (χ0n) is 16.2. The molecule has 2 aromatic rings. The molecule has 0 radical (unpaired) electrons. The third-order valence-corrected chi connectivity index (χ3v) is 6.30. The monoisotopic (exact) mass is 436 g/mol. The maximum Gasteiger partial charge on any atom is 0.403 e. The molecular formula is C18H21N4O7P. The zero-order chi connectivity index (χ0) is 21.6. The van der Waals surface area contributed by atoms with Crippen molar-refractivity contribution in [2.24, 2.45) is 5.73 Å². The van der Waals surface area contributed by atoms with E-state index in [1.165, 1.54) is 11.9 Å². The Kier molecular flexibility index (Phi) is 5.25. The first-order valence-electron chi connectivity index (χ1n) is 9.13. The first-order valence-corrected chi connectivity index (χ1v) is 10.7. The Bertz CT molecular complexity index is 1070. The molecule has 5 atom stereocenters. The van der Waals surface area contributed by atoms with Crippen molar-refractivity contribution in [3.8, 4) is 5.75 Å². The van der Waals surface area contributed by atoms with Crippen LogP contribution in [-0.2, 0) is 20.4 Å². The minimum atomic E-state index is -3.64. The number of ether oxygens (including phenoxy) is 1. The average molecular weight is 436 g/mol. The number of hydrogen-bond acceptors (Lipinski definition) is 9. The predicted octanol–water partition coefficient (Wildman–Crippen LogP) is 0.929. The molecule has 2 unspecified atom stereocenters. The van der Waals surface area contributed by atoms with Gasteiger partial charge in [0.05, 0.1) is 6.61 Å². The fourth-order valence-corrected chi connectivity index (χ4v) is 4.85. The topological polar surface area (TPSA) is 159 Å². The van der Waals surface area contributed by atoms with Gasteiger partial charge in [-0.15, -0.1) is 5.10 Å². The zero-order valence-corrected chi connectivity index (χ0v) is 17.1. The summed E-state index contributed by atoms with van der Waals surface area (Å²) in [5, 5.41) is 24.4. The van der Waals surface area contributed by atoms with Crippen molar-refractivity contribution in [3.63, 3.8) is 0 Å². The summed E-state index contributed by atoms with van der Waals surface area (Å²) in [5.41, 5.74) is 7.80. The lowest BCUT2D eigenvalue weighted by Gasteiger charge is -2.26. The van der Waals surface area contributed by atoms with Crippen LogP contribution in [0.2, 0.25) is 0 Å². The van der Waals surface area contributed by atoms with Crippen molar-refractivity contribution in [2.75, 3.05) is 0 Å². The molecule has 0 bridgehead atoms. The molecule has 4 N–H and O–H groups in total. The molecule has 1 aromatic carbocycles. The molecule has 160 valence electrons. The van der Waals surface area contributed by atoms with E-state index in [4.69, 9.17) is 19.5 Å². The standard InChI is InChI=1S/C18H21N4O7P/c1-9-5-10(2)15-11(6-9)7-27-30(26,29-15)4-3-12-13(23)14(24)18(28-12)22-8-20-17(21-22)16(19)25/h3-6,8,12-14,18,23-24H,7H2,1-2H3,(H2,19,25)/b4-3+/t12-,13-,14-,18?,30?/m1/s1. The largest absolute Gasteiger partial charge is 0.421 e. The molecule has 11 nitrogen and oxygen atoms in total. The third-order valence-electron chi connectivity index (χ3n) is 4.84. The van der Waals surface area contributed by atoms with Crippen LogP contribution in [0.1, 0.15) is 33.5 Å². The van der Waals surface area contributed by atoms with Crippen LogP contribution in [0.5, 0.6) is 5.75 Å². The quantitative estimate of drug-likeness (QED) is 0.593. The van der Waals surface area contributed by atoms with E-state index < -0.39 is 38.0 Å². The van der Waals surface area contributed by atoms with Gasteiger partial charge in [-0.05, 0) is 25.5 Å². The molecule has 1 saturated heterocycles. The minimum Gasteiger partial charge on any atom is -0.421 e. The van der Waals surface area contributed by atoms with Gasteiger partial charge in [0.15, 0.2) is 6.23 Å². The van der Waals surface area contributed by atoms with E-state index in [-0.39, 0.29) is 12.4 Å². The number of aryl methyl sites for hydroxylation is 2. The summed E-state index contributed by atoms with van der Waals surface area (Å²) in [7, 11) is -3.64. The number of aromatic nitrogens is 3. The van der Waals surface area contributed by atoms with Gasteiger partial charge >= 0.3 is 7.60 Å². The minimum absolute atomic E-state index is 0.119. The van der Waals surface area contributed by atoms with Crippen LogP contribution in [0.15, 0.2) is 30.4 Å². The summed E-state index contributed by atoms with van der Waals surface area (Å²) in [6.45, 7) is 3.92. The van der Waals surface area contributed by atoms with E-state index in [0.717, 1.165) is 27.7 Å². The van der Waals surface area contributed by atoms with Crippen LogP contribution < -0.4 is 10.3 Å². The molecule has 0 saturated carbocycles. The van der Waals surface area contributed by atoms with Crippen LogP contribution in [0, 0.1) is 13.8 Å². The molecule has 2 aliphatic rings. The van der Waals surface area contributed by atoms with Crippen LogP contribution in [-0.4, -0.2) is 49.2 Å². The number of nitrogens with two attached hydrogens (primary N) is 1. The van der Waals surface area contributed by atoms with Crippen molar-refractivity contribution in [3.05, 3.63) is 52.9 Å². The molecule has 12 heteroatoms. The van der Waals surface area contributed by atoms with Gasteiger partial charge in [-0.25, -0.2) is 14.2 Å². The number of nitrogens with zero attached hydrogens (tertiary/aromatic N) is 3. The van der Waals surface area contributed by atoms with Crippen LogP contribution in [0.25, 0.3) is 0 Å². The molecule has 2 aliphatic heterocycles. The molecule has 0 spiro atoms. The number of primary amides is 1. The van der Waals surface area contributed by atoms with Crippen LogP contribution in [0.3, 0.4) is 0 Å². The normalized spacial score (nSPS) is 30.9. The maximum absolute atomic E-state index is 13.0. The molecule has 4 rings (SSSR count). The highest BCUT2D eigenvalue weighted by molar-refractivity contribution is 7.57. The summed E-state index contributed by atoms with van der Waals surface area (Å²) < 4.78 is 30.7. The summed E-state index contributed by atoms with van der Waals surface area (Å²) in [6, 6.07) is 3.82. The number of carbonyl (C=O) groups is 1. The second-order valence-corrected chi connectivity index (χ2v) is 9.02. The van der Waals surface area contributed by atoms with Crippen LogP contribution in [0.4, 0.5) is 0 Å². The first kappa shape index (κ1) is 20.7. The molecule has 1 amide bonds. The fourth-order valence-electron chi connectivity index (χ4n) is 3.43. The van der Waals surface area contributed by atoms with Crippen molar-refractivity contribution in [1.29, 1.82) is 0 Å². The van der Waals surface area contributed by atoms with Gasteiger partial charge < -0.3 is 25.2 Å². The molecular weight excluding hydrogens is 415 g/mol. The van der Waals surface area contributed by atoms with E-state index in [1.54, 1.807) is 0 Å². The van der Waals surface area contributed by atoms with Crippen molar-refractivity contribution >= 4 is 13.5 Å². The lowest BCUT2D eigenvalue weighted by atomic mass is 10.1. The van der Waals surface area contributed by atoms with Gasteiger partial charge in [0.1, 0.15) is 30.4 Å². The summed E-state index contributed by atoms with van der Waals surface area (Å²) in [5.74, 6) is 0.618. The number of benzene rings is 1. The highest BCUT2D eigenvalue weighted by Gasteiger charge is 2.44. The predicted molar refractivity (Wildman–Crippen MR) is 103 cm³/mol. The smallest absolute Gasteiger partial charge is 0.403 e. The van der Waals surface area contributed by atoms with Gasteiger partial charge in [-0.3, -0.25) is 9.32 Å². The number of aliphatic hydroxyl groups is 2. The van der Waals surface area contributed by atoms with Gasteiger partial charge in [-0.1, -0.05) is 17.7 Å². The number of amides is 1. The van der Waals surface area contributed by atoms with Gasteiger partial charge in [0.2, 0.25) is 5.82 Å². The number of aliphatic hydroxyl groups excluding tert-OH is 2.